The van der Waals surface area contributed by atoms with Gasteiger partial charge in [0.25, 0.3) is 0 Å². The lowest BCUT2D eigenvalue weighted by atomic mass is 10.2. The summed E-state index contributed by atoms with van der Waals surface area (Å²) in [6, 6.07) is 1.92. The lowest BCUT2D eigenvalue weighted by molar-refractivity contribution is -0.138. The van der Waals surface area contributed by atoms with E-state index in [1.807, 2.05) is 0 Å². The van der Waals surface area contributed by atoms with Gasteiger partial charge in [0.05, 0.1) is 10.0 Å². The molecule has 0 aliphatic rings. The molecule has 116 valence electrons. The number of terminal acetylenes is 1. The van der Waals surface area contributed by atoms with Crippen LogP contribution in [0.2, 0.25) is 10.0 Å². The van der Waals surface area contributed by atoms with E-state index < -0.39 is 12.0 Å². The highest BCUT2D eigenvalue weighted by molar-refractivity contribution is 6.37. The molecule has 1 aromatic carbocycles. The van der Waals surface area contributed by atoms with E-state index in [4.69, 9.17) is 39.5 Å². The number of aliphatic carboxylic acids is 1. The largest absolute Gasteiger partial charge is 0.480 e. The molecule has 22 heavy (non-hydrogen) atoms. The average molecular weight is 341 g/mol. The summed E-state index contributed by atoms with van der Waals surface area (Å²) in [5.41, 5.74) is 0.253. The monoisotopic (exact) mass is 340 g/mol. The zero-order valence-electron chi connectivity index (χ0n) is 11.6. The van der Waals surface area contributed by atoms with Gasteiger partial charge in [0.15, 0.2) is 6.04 Å². The van der Waals surface area contributed by atoms with E-state index in [0.717, 1.165) is 0 Å². The number of ether oxygens (including phenoxy) is 1. The minimum absolute atomic E-state index is 0.0367. The van der Waals surface area contributed by atoms with Crippen molar-refractivity contribution in [1.82, 2.24) is 0 Å². The fourth-order valence-electron chi connectivity index (χ4n) is 1.46. The molecule has 0 aromatic heterocycles. The number of carboxylic acids is 1. The van der Waals surface area contributed by atoms with Crippen LogP contribution in [0.25, 0.3) is 0 Å². The van der Waals surface area contributed by atoms with Gasteiger partial charge in [0, 0.05) is 6.07 Å². The SMILES string of the molecule is C#CCOc1cc(N=NC(CCC=C)C(=O)O)c(Cl)cc1Cl. The van der Waals surface area contributed by atoms with Crippen molar-refractivity contribution in [2.24, 2.45) is 10.2 Å². The van der Waals surface area contributed by atoms with Crippen LogP contribution in [0.4, 0.5) is 5.69 Å². The van der Waals surface area contributed by atoms with Gasteiger partial charge in [-0.05, 0) is 18.9 Å². The number of hydrogen-bond donors (Lipinski definition) is 1. The number of halogens is 2. The molecule has 7 heteroatoms. The first-order chi connectivity index (χ1) is 10.5. The molecule has 5 nitrogen and oxygen atoms in total. The molecular formula is C15H14Cl2N2O3. The number of rotatable bonds is 8. The number of hydrogen-bond acceptors (Lipinski definition) is 4. The van der Waals surface area contributed by atoms with Crippen molar-refractivity contribution in [3.05, 3.63) is 34.8 Å². The first-order valence-corrected chi connectivity index (χ1v) is 7.05. The second kappa shape index (κ2) is 9.08. The van der Waals surface area contributed by atoms with E-state index >= 15 is 0 Å². The summed E-state index contributed by atoms with van der Waals surface area (Å²) in [4.78, 5) is 11.1. The van der Waals surface area contributed by atoms with Crippen LogP contribution < -0.4 is 4.74 Å². The molecule has 1 rings (SSSR count). The topological polar surface area (TPSA) is 71.2 Å². The molecule has 0 saturated heterocycles. The lowest BCUT2D eigenvalue weighted by Gasteiger charge is -2.08. The summed E-state index contributed by atoms with van der Waals surface area (Å²) in [6.07, 6.45) is 7.55. The molecule has 0 aliphatic carbocycles. The normalized spacial score (nSPS) is 11.9. The van der Waals surface area contributed by atoms with Gasteiger partial charge in [-0.25, -0.2) is 4.79 Å². The molecule has 0 radical (unpaired) electrons. The second-order valence-electron chi connectivity index (χ2n) is 4.16. The van der Waals surface area contributed by atoms with Crippen molar-refractivity contribution in [2.75, 3.05) is 6.61 Å². The zero-order chi connectivity index (χ0) is 16.5. The van der Waals surface area contributed by atoms with Gasteiger partial charge < -0.3 is 9.84 Å². The molecule has 1 N–H and O–H groups in total. The van der Waals surface area contributed by atoms with Gasteiger partial charge in [-0.15, -0.1) is 13.0 Å². The Bertz CT molecular complexity index is 624. The first kappa shape index (κ1) is 18.0. The smallest absolute Gasteiger partial charge is 0.330 e. The lowest BCUT2D eigenvalue weighted by Crippen LogP contribution is -2.16. The Labute approximate surface area is 138 Å². The van der Waals surface area contributed by atoms with Crippen molar-refractivity contribution >= 4 is 34.9 Å². The fourth-order valence-corrected chi connectivity index (χ4v) is 1.94. The summed E-state index contributed by atoms with van der Waals surface area (Å²) in [7, 11) is 0. The maximum Gasteiger partial charge on any atom is 0.330 e. The van der Waals surface area contributed by atoms with Crippen molar-refractivity contribution in [2.45, 2.75) is 18.9 Å². The standard InChI is InChI=1S/C15H14Cl2N2O3/c1-3-5-6-12(15(20)21)18-19-13-9-14(22-7-4-2)11(17)8-10(13)16/h2-3,8-9,12H,1,5-7H2,(H,20,21). The number of azo groups is 1. The van der Waals surface area contributed by atoms with Gasteiger partial charge in [-0.3, -0.25) is 0 Å². The zero-order valence-corrected chi connectivity index (χ0v) is 13.1. The Morgan fingerprint density at radius 2 is 2.23 bits per heavy atom. The maximum atomic E-state index is 11.1. The molecule has 1 unspecified atom stereocenters. The van der Waals surface area contributed by atoms with Crippen molar-refractivity contribution in [1.29, 1.82) is 0 Å². The van der Waals surface area contributed by atoms with Crippen LogP contribution in [-0.2, 0) is 4.79 Å². The fraction of sp³-hybridized carbons (Fsp3) is 0.267. The predicted molar refractivity (Wildman–Crippen MR) is 86.2 cm³/mol. The molecule has 1 atom stereocenters. The average Bonchev–Trinajstić information content (AvgIpc) is 2.47. The van der Waals surface area contributed by atoms with Crippen molar-refractivity contribution < 1.29 is 14.6 Å². The Morgan fingerprint density at radius 3 is 2.82 bits per heavy atom. The second-order valence-corrected chi connectivity index (χ2v) is 4.98. The highest BCUT2D eigenvalue weighted by Gasteiger charge is 2.16. The molecule has 1 aromatic rings. The van der Waals surface area contributed by atoms with Crippen LogP contribution in [0.1, 0.15) is 12.8 Å². The molecule has 0 heterocycles. The quantitative estimate of drug-likeness (QED) is 0.430. The summed E-state index contributed by atoms with van der Waals surface area (Å²) in [5, 5.41) is 17.3. The maximum absolute atomic E-state index is 11.1. The Hall–Kier alpha value is -2.03. The number of benzene rings is 1. The van der Waals surface area contributed by atoms with E-state index in [-0.39, 0.29) is 22.3 Å². The van der Waals surface area contributed by atoms with Crippen molar-refractivity contribution in [3.8, 4) is 18.1 Å². The molecule has 0 saturated carbocycles. The number of carbonyl (C=O) groups is 1. The highest BCUT2D eigenvalue weighted by atomic mass is 35.5. The van der Waals surface area contributed by atoms with Gasteiger partial charge in [0.1, 0.15) is 18.0 Å². The Balaban J connectivity index is 2.99. The van der Waals surface area contributed by atoms with Crippen LogP contribution in [0.3, 0.4) is 0 Å². The number of nitrogens with zero attached hydrogens (tertiary/aromatic N) is 2. The van der Waals surface area contributed by atoms with Crippen LogP contribution in [0.5, 0.6) is 5.75 Å². The van der Waals surface area contributed by atoms with Gasteiger partial charge in [-0.2, -0.15) is 10.2 Å². The minimum atomic E-state index is -1.07. The van der Waals surface area contributed by atoms with Crippen LogP contribution in [0, 0.1) is 12.3 Å². The molecule has 0 aliphatic heterocycles. The van der Waals surface area contributed by atoms with Gasteiger partial charge >= 0.3 is 5.97 Å². The van der Waals surface area contributed by atoms with Gasteiger partial charge in [-0.1, -0.05) is 35.2 Å². The van der Waals surface area contributed by atoms with Crippen LogP contribution in [0.15, 0.2) is 35.0 Å². The third-order valence-electron chi connectivity index (χ3n) is 2.55. The molecule has 0 spiro atoms. The molecule has 0 fully saturated rings. The molecular weight excluding hydrogens is 327 g/mol. The summed E-state index contributed by atoms with van der Waals surface area (Å²) >= 11 is 12.0. The summed E-state index contributed by atoms with van der Waals surface area (Å²) in [5.74, 6) is 1.54. The molecule has 0 bridgehead atoms. The Kier molecular flexibility index (Phi) is 7.44. The van der Waals surface area contributed by atoms with E-state index in [9.17, 15) is 4.79 Å². The summed E-state index contributed by atoms with van der Waals surface area (Å²) in [6.45, 7) is 3.58. The van der Waals surface area contributed by atoms with E-state index in [1.165, 1.54) is 12.1 Å². The summed E-state index contributed by atoms with van der Waals surface area (Å²) < 4.78 is 5.24. The Morgan fingerprint density at radius 1 is 1.50 bits per heavy atom. The van der Waals surface area contributed by atoms with E-state index in [0.29, 0.717) is 18.6 Å². The van der Waals surface area contributed by atoms with E-state index in [2.05, 4.69) is 22.7 Å². The van der Waals surface area contributed by atoms with Crippen LogP contribution in [-0.4, -0.2) is 23.7 Å². The van der Waals surface area contributed by atoms with E-state index in [1.54, 1.807) is 6.08 Å². The van der Waals surface area contributed by atoms with Crippen LogP contribution >= 0.6 is 23.2 Å². The molecule has 0 amide bonds. The number of carboxylic acid groups (broad SMARTS) is 1. The highest BCUT2D eigenvalue weighted by Crippen LogP contribution is 2.36. The minimum Gasteiger partial charge on any atom is -0.480 e. The number of allylic oxidation sites excluding steroid dienone is 1. The third-order valence-corrected chi connectivity index (χ3v) is 3.14. The first-order valence-electron chi connectivity index (χ1n) is 6.29. The predicted octanol–water partition coefficient (Wildman–Crippen LogP) is 4.51. The van der Waals surface area contributed by atoms with Gasteiger partial charge in [0.2, 0.25) is 0 Å². The third kappa shape index (κ3) is 5.40. The van der Waals surface area contributed by atoms with Crippen molar-refractivity contribution in [3.63, 3.8) is 0 Å².